The molecule has 0 aromatic heterocycles. The van der Waals surface area contributed by atoms with Gasteiger partial charge >= 0.3 is 0 Å². The Balaban J connectivity index is 0.00000169. The van der Waals surface area contributed by atoms with Gasteiger partial charge in [0, 0.05) is 11.1 Å². The molecule has 0 aliphatic heterocycles. The zero-order valence-electron chi connectivity index (χ0n) is 8.13. The van der Waals surface area contributed by atoms with Gasteiger partial charge in [-0.3, -0.25) is 0 Å². The van der Waals surface area contributed by atoms with Crippen LogP contribution in [0.4, 0.5) is 0 Å². The van der Waals surface area contributed by atoms with E-state index in [0.29, 0.717) is 5.02 Å². The van der Waals surface area contributed by atoms with Gasteiger partial charge < -0.3 is 5.73 Å². The fraction of sp³-hybridized carbons (Fsp3) is 0.400. The lowest BCUT2D eigenvalue weighted by molar-refractivity contribution is 0.713. The van der Waals surface area contributed by atoms with E-state index < -0.39 is 0 Å². The van der Waals surface area contributed by atoms with Gasteiger partial charge in [0.15, 0.2) is 0 Å². The SMILES string of the molecule is Cc1ccc(C(Cl)C(C)N)c(Cl)c1.Cl. The van der Waals surface area contributed by atoms with Gasteiger partial charge in [0.05, 0.1) is 5.38 Å². The zero-order chi connectivity index (χ0) is 10.0. The van der Waals surface area contributed by atoms with Gasteiger partial charge in [0.1, 0.15) is 0 Å². The molecule has 0 aliphatic carbocycles. The van der Waals surface area contributed by atoms with Gasteiger partial charge in [-0.15, -0.1) is 24.0 Å². The van der Waals surface area contributed by atoms with Crippen LogP contribution in [0.25, 0.3) is 0 Å². The molecule has 0 aliphatic rings. The summed E-state index contributed by atoms with van der Waals surface area (Å²) in [6.07, 6.45) is 0. The summed E-state index contributed by atoms with van der Waals surface area (Å²) in [7, 11) is 0. The average Bonchev–Trinajstić information content (AvgIpc) is 2.03. The normalized spacial score (nSPS) is 14.4. The first-order valence-electron chi connectivity index (χ1n) is 4.18. The summed E-state index contributed by atoms with van der Waals surface area (Å²) in [5.74, 6) is 0. The maximum Gasteiger partial charge on any atom is 0.0747 e. The number of benzene rings is 1. The van der Waals surface area contributed by atoms with Gasteiger partial charge in [-0.25, -0.2) is 0 Å². The molecule has 0 amide bonds. The van der Waals surface area contributed by atoms with Crippen molar-refractivity contribution in [1.29, 1.82) is 0 Å². The Hall–Kier alpha value is 0.0500. The molecule has 1 nitrogen and oxygen atoms in total. The minimum Gasteiger partial charge on any atom is -0.326 e. The summed E-state index contributed by atoms with van der Waals surface area (Å²) < 4.78 is 0. The van der Waals surface area contributed by atoms with Crippen LogP contribution in [-0.4, -0.2) is 6.04 Å². The molecule has 0 saturated carbocycles. The Morgan fingerprint density at radius 2 is 1.93 bits per heavy atom. The quantitative estimate of drug-likeness (QED) is 0.800. The first-order chi connectivity index (χ1) is 6.02. The Kier molecular flexibility index (Phi) is 5.84. The summed E-state index contributed by atoms with van der Waals surface area (Å²) in [6, 6.07) is 5.72. The van der Waals surface area contributed by atoms with Crippen LogP contribution in [0.2, 0.25) is 5.02 Å². The fourth-order valence-corrected chi connectivity index (χ4v) is 1.74. The second-order valence-corrected chi connectivity index (χ2v) is 4.16. The smallest absolute Gasteiger partial charge is 0.0747 e. The molecule has 0 bridgehead atoms. The zero-order valence-corrected chi connectivity index (χ0v) is 10.5. The lowest BCUT2D eigenvalue weighted by atomic mass is 10.1. The van der Waals surface area contributed by atoms with E-state index in [0.717, 1.165) is 11.1 Å². The lowest BCUT2D eigenvalue weighted by Crippen LogP contribution is -2.21. The van der Waals surface area contributed by atoms with Gasteiger partial charge in [-0.2, -0.15) is 0 Å². The van der Waals surface area contributed by atoms with Crippen molar-refractivity contribution in [3.63, 3.8) is 0 Å². The number of hydrogen-bond acceptors (Lipinski definition) is 1. The maximum absolute atomic E-state index is 6.09. The molecule has 0 heterocycles. The average molecular weight is 255 g/mol. The van der Waals surface area contributed by atoms with Gasteiger partial charge in [0.25, 0.3) is 0 Å². The molecule has 14 heavy (non-hydrogen) atoms. The van der Waals surface area contributed by atoms with Crippen molar-refractivity contribution in [2.24, 2.45) is 5.73 Å². The summed E-state index contributed by atoms with van der Waals surface area (Å²) in [5, 5.41) is 0.477. The van der Waals surface area contributed by atoms with Gasteiger partial charge in [-0.1, -0.05) is 23.7 Å². The molecule has 0 saturated heterocycles. The second-order valence-electron chi connectivity index (χ2n) is 3.29. The van der Waals surface area contributed by atoms with E-state index in [1.807, 2.05) is 32.0 Å². The third-order valence-electron chi connectivity index (χ3n) is 1.91. The van der Waals surface area contributed by atoms with E-state index in [1.165, 1.54) is 0 Å². The van der Waals surface area contributed by atoms with Gasteiger partial charge in [-0.05, 0) is 31.0 Å². The first-order valence-corrected chi connectivity index (χ1v) is 4.99. The van der Waals surface area contributed by atoms with Crippen LogP contribution in [0.5, 0.6) is 0 Å². The van der Waals surface area contributed by atoms with Crippen molar-refractivity contribution in [3.8, 4) is 0 Å². The highest BCUT2D eigenvalue weighted by molar-refractivity contribution is 6.32. The first kappa shape index (κ1) is 14.1. The molecular formula is C10H14Cl3N. The van der Waals surface area contributed by atoms with Crippen LogP contribution >= 0.6 is 35.6 Å². The number of aryl methyl sites for hydroxylation is 1. The van der Waals surface area contributed by atoms with Crippen molar-refractivity contribution >= 4 is 35.6 Å². The fourth-order valence-electron chi connectivity index (χ4n) is 1.14. The minimum atomic E-state index is -0.215. The van der Waals surface area contributed by atoms with Crippen LogP contribution in [0, 0.1) is 6.92 Å². The minimum absolute atomic E-state index is 0. The van der Waals surface area contributed by atoms with Crippen LogP contribution < -0.4 is 5.73 Å². The molecule has 1 aromatic rings. The summed E-state index contributed by atoms with van der Waals surface area (Å²) in [4.78, 5) is 0. The molecule has 1 aromatic carbocycles. The van der Waals surface area contributed by atoms with Crippen LogP contribution in [0.15, 0.2) is 18.2 Å². The second kappa shape index (κ2) is 5.82. The molecule has 4 heteroatoms. The molecule has 2 N–H and O–H groups in total. The largest absolute Gasteiger partial charge is 0.326 e. The van der Waals surface area contributed by atoms with Gasteiger partial charge in [0.2, 0.25) is 0 Å². The van der Waals surface area contributed by atoms with E-state index in [2.05, 4.69) is 0 Å². The lowest BCUT2D eigenvalue weighted by Gasteiger charge is -2.15. The Labute approximate surface area is 101 Å². The Morgan fingerprint density at radius 3 is 2.36 bits per heavy atom. The van der Waals surface area contributed by atoms with E-state index in [1.54, 1.807) is 0 Å². The summed E-state index contributed by atoms with van der Waals surface area (Å²) >= 11 is 12.1. The van der Waals surface area contributed by atoms with Crippen molar-refractivity contribution in [1.82, 2.24) is 0 Å². The number of hydrogen-bond donors (Lipinski definition) is 1. The van der Waals surface area contributed by atoms with Crippen molar-refractivity contribution in [2.45, 2.75) is 25.3 Å². The third kappa shape index (κ3) is 3.32. The molecule has 0 fully saturated rings. The third-order valence-corrected chi connectivity index (χ3v) is 2.87. The number of rotatable bonds is 2. The van der Waals surface area contributed by atoms with Crippen molar-refractivity contribution in [3.05, 3.63) is 34.3 Å². The van der Waals surface area contributed by atoms with Crippen LogP contribution in [0.3, 0.4) is 0 Å². The highest BCUT2D eigenvalue weighted by Crippen LogP contribution is 2.30. The van der Waals surface area contributed by atoms with Crippen molar-refractivity contribution in [2.75, 3.05) is 0 Å². The molecule has 2 unspecified atom stereocenters. The molecule has 2 atom stereocenters. The predicted molar refractivity (Wildman–Crippen MR) is 65.7 cm³/mol. The van der Waals surface area contributed by atoms with E-state index in [-0.39, 0.29) is 23.8 Å². The van der Waals surface area contributed by atoms with E-state index in [9.17, 15) is 0 Å². The number of halogens is 3. The van der Waals surface area contributed by atoms with E-state index >= 15 is 0 Å². The molecule has 0 radical (unpaired) electrons. The van der Waals surface area contributed by atoms with Crippen LogP contribution in [-0.2, 0) is 0 Å². The van der Waals surface area contributed by atoms with E-state index in [4.69, 9.17) is 28.9 Å². The predicted octanol–water partition coefficient (Wildman–Crippen LogP) is 3.70. The topological polar surface area (TPSA) is 26.0 Å². The Bertz CT molecular complexity index is 299. The maximum atomic E-state index is 6.09. The summed E-state index contributed by atoms with van der Waals surface area (Å²) in [5.41, 5.74) is 7.72. The van der Waals surface area contributed by atoms with Crippen molar-refractivity contribution < 1.29 is 0 Å². The highest BCUT2D eigenvalue weighted by Gasteiger charge is 2.15. The molecule has 1 rings (SSSR count). The molecule has 80 valence electrons. The molecular weight excluding hydrogens is 240 g/mol. The highest BCUT2D eigenvalue weighted by atomic mass is 35.5. The standard InChI is InChI=1S/C10H13Cl2N.ClH/c1-6-3-4-8(9(11)5-6)10(12)7(2)13;/h3-5,7,10H,13H2,1-2H3;1H. The number of nitrogens with two attached hydrogens (primary N) is 1. The number of alkyl halides is 1. The Morgan fingerprint density at radius 1 is 1.36 bits per heavy atom. The van der Waals surface area contributed by atoms with Crippen LogP contribution in [0.1, 0.15) is 23.4 Å². The molecule has 0 spiro atoms. The monoisotopic (exact) mass is 253 g/mol. The summed E-state index contributed by atoms with van der Waals surface area (Å²) in [6.45, 7) is 3.86.